The molecule has 0 amide bonds. The molecule has 2 aliphatic rings. The molecule has 0 saturated carbocycles. The first-order chi connectivity index (χ1) is 8.06. The smallest absolute Gasteiger partial charge is 0.309 e. The summed E-state index contributed by atoms with van der Waals surface area (Å²) >= 11 is 0. The molecule has 2 aliphatic heterocycles. The molecule has 17 heavy (non-hydrogen) atoms. The normalized spacial score (nSPS) is 43.0. The minimum atomic E-state index is -0.850. The van der Waals surface area contributed by atoms with E-state index in [-0.39, 0.29) is 24.7 Å². The zero-order chi connectivity index (χ0) is 12.4. The van der Waals surface area contributed by atoms with Crippen LogP contribution in [0.15, 0.2) is 12.2 Å². The van der Waals surface area contributed by atoms with Crippen LogP contribution in [-0.4, -0.2) is 46.7 Å². The molecule has 0 aromatic heterocycles. The van der Waals surface area contributed by atoms with E-state index in [1.807, 2.05) is 0 Å². The second-order valence-electron chi connectivity index (χ2n) is 4.68. The number of hydrogen-bond donors (Lipinski definition) is 2. The summed E-state index contributed by atoms with van der Waals surface area (Å²) in [5.74, 6) is -0.409. The van der Waals surface area contributed by atoms with Crippen LogP contribution in [0.25, 0.3) is 0 Å². The third-order valence-corrected chi connectivity index (χ3v) is 3.01. The number of ether oxygens (including phenoxy) is 2. The minimum absolute atomic E-state index is 0.0226. The fourth-order valence-corrected chi connectivity index (χ4v) is 2.08. The number of fused-ring (bicyclic) bond motifs is 1. The van der Waals surface area contributed by atoms with Gasteiger partial charge in [-0.3, -0.25) is 4.79 Å². The molecule has 1 fully saturated rings. The van der Waals surface area contributed by atoms with Crippen LogP contribution < -0.4 is 0 Å². The first-order valence-corrected chi connectivity index (χ1v) is 5.94. The van der Waals surface area contributed by atoms with Crippen molar-refractivity contribution in [2.75, 3.05) is 0 Å². The van der Waals surface area contributed by atoms with Gasteiger partial charge in [-0.1, -0.05) is 12.2 Å². The summed E-state index contributed by atoms with van der Waals surface area (Å²) < 4.78 is 10.5. The number of carbonyl (C=O) groups excluding carboxylic acids is 1. The Morgan fingerprint density at radius 3 is 2.94 bits per heavy atom. The van der Waals surface area contributed by atoms with Crippen LogP contribution in [0.3, 0.4) is 0 Å². The molecule has 5 atom stereocenters. The maximum absolute atomic E-state index is 11.4. The number of aliphatic hydroxyl groups is 2. The molecule has 0 bridgehead atoms. The van der Waals surface area contributed by atoms with Crippen LogP contribution in [0.5, 0.6) is 0 Å². The lowest BCUT2D eigenvalue weighted by molar-refractivity contribution is -0.150. The van der Waals surface area contributed by atoms with E-state index in [1.54, 1.807) is 13.0 Å². The number of epoxide rings is 1. The lowest BCUT2D eigenvalue weighted by atomic mass is 10.1. The number of aliphatic hydroxyl groups excluding tert-OH is 2. The van der Waals surface area contributed by atoms with Gasteiger partial charge in [0.15, 0.2) is 0 Å². The molecule has 0 radical (unpaired) electrons. The highest BCUT2D eigenvalue weighted by molar-refractivity contribution is 5.70. The van der Waals surface area contributed by atoms with E-state index in [0.717, 1.165) is 0 Å². The van der Waals surface area contributed by atoms with E-state index in [1.165, 1.54) is 6.08 Å². The SMILES string of the molecule is C[C@@H]1C[C@@H]2O[C@H]2[C@@H](O)CC=C[C@@H](O)CC(=O)O1. The van der Waals surface area contributed by atoms with Crippen LogP contribution in [0.1, 0.15) is 26.2 Å². The quantitative estimate of drug-likeness (QED) is 0.359. The lowest BCUT2D eigenvalue weighted by Crippen LogP contribution is -2.23. The molecule has 5 heteroatoms. The highest BCUT2D eigenvalue weighted by Gasteiger charge is 2.44. The van der Waals surface area contributed by atoms with Crippen LogP contribution >= 0.6 is 0 Å². The Morgan fingerprint density at radius 1 is 1.41 bits per heavy atom. The van der Waals surface area contributed by atoms with Gasteiger partial charge in [-0.15, -0.1) is 0 Å². The number of hydrogen-bond acceptors (Lipinski definition) is 5. The van der Waals surface area contributed by atoms with E-state index in [0.29, 0.717) is 12.8 Å². The van der Waals surface area contributed by atoms with Crippen LogP contribution in [0.2, 0.25) is 0 Å². The van der Waals surface area contributed by atoms with E-state index in [9.17, 15) is 15.0 Å². The van der Waals surface area contributed by atoms with Crippen molar-refractivity contribution in [1.82, 2.24) is 0 Å². The number of carbonyl (C=O) groups is 1. The Bertz CT molecular complexity index is 314. The van der Waals surface area contributed by atoms with Crippen molar-refractivity contribution >= 4 is 5.97 Å². The third-order valence-electron chi connectivity index (χ3n) is 3.01. The van der Waals surface area contributed by atoms with Crippen LogP contribution in [0.4, 0.5) is 0 Å². The third kappa shape index (κ3) is 3.52. The van der Waals surface area contributed by atoms with E-state index < -0.39 is 18.2 Å². The van der Waals surface area contributed by atoms with Crippen molar-refractivity contribution < 1.29 is 24.5 Å². The van der Waals surface area contributed by atoms with E-state index in [2.05, 4.69) is 0 Å². The highest BCUT2D eigenvalue weighted by Crippen LogP contribution is 2.31. The Balaban J connectivity index is 1.99. The summed E-state index contributed by atoms with van der Waals surface area (Å²) in [5.41, 5.74) is 0. The van der Waals surface area contributed by atoms with Gasteiger partial charge < -0.3 is 19.7 Å². The van der Waals surface area contributed by atoms with Gasteiger partial charge in [0.25, 0.3) is 0 Å². The molecule has 0 aromatic carbocycles. The van der Waals surface area contributed by atoms with Gasteiger partial charge >= 0.3 is 5.97 Å². The average Bonchev–Trinajstić information content (AvgIpc) is 2.94. The average molecular weight is 242 g/mol. The predicted molar refractivity (Wildman–Crippen MR) is 59.2 cm³/mol. The first kappa shape index (κ1) is 12.5. The fraction of sp³-hybridized carbons (Fsp3) is 0.750. The van der Waals surface area contributed by atoms with E-state index in [4.69, 9.17) is 9.47 Å². The largest absolute Gasteiger partial charge is 0.462 e. The number of esters is 1. The summed E-state index contributed by atoms with van der Waals surface area (Å²) in [6.45, 7) is 1.79. The van der Waals surface area contributed by atoms with Gasteiger partial charge in [-0.05, 0) is 13.3 Å². The van der Waals surface area contributed by atoms with Gasteiger partial charge in [-0.2, -0.15) is 0 Å². The van der Waals surface area contributed by atoms with Crippen molar-refractivity contribution in [3.63, 3.8) is 0 Å². The second kappa shape index (κ2) is 5.16. The topological polar surface area (TPSA) is 79.3 Å². The molecular formula is C12H18O5. The molecule has 2 heterocycles. The summed E-state index contributed by atoms with van der Waals surface area (Å²) in [6.07, 6.45) is 2.31. The van der Waals surface area contributed by atoms with Crippen molar-refractivity contribution in [3.8, 4) is 0 Å². The molecule has 0 aliphatic carbocycles. The minimum Gasteiger partial charge on any atom is -0.462 e. The molecule has 0 spiro atoms. The van der Waals surface area contributed by atoms with Crippen molar-refractivity contribution in [1.29, 1.82) is 0 Å². The molecule has 0 unspecified atom stereocenters. The molecule has 2 N–H and O–H groups in total. The Kier molecular flexibility index (Phi) is 3.81. The Morgan fingerprint density at radius 2 is 2.18 bits per heavy atom. The fourth-order valence-electron chi connectivity index (χ4n) is 2.08. The molecule has 1 saturated heterocycles. The Hall–Kier alpha value is -0.910. The summed E-state index contributed by atoms with van der Waals surface area (Å²) in [5, 5.41) is 19.3. The summed E-state index contributed by atoms with van der Waals surface area (Å²) in [7, 11) is 0. The zero-order valence-corrected chi connectivity index (χ0v) is 9.78. The highest BCUT2D eigenvalue weighted by atomic mass is 16.6. The maximum atomic E-state index is 11.4. The van der Waals surface area contributed by atoms with Gasteiger partial charge in [0.1, 0.15) is 12.2 Å². The van der Waals surface area contributed by atoms with Crippen LogP contribution in [-0.2, 0) is 14.3 Å². The maximum Gasteiger partial charge on any atom is 0.309 e. The van der Waals surface area contributed by atoms with Gasteiger partial charge in [-0.25, -0.2) is 0 Å². The predicted octanol–water partition coefficient (Wildman–Crippen LogP) is 0.147. The first-order valence-electron chi connectivity index (χ1n) is 5.94. The van der Waals surface area contributed by atoms with Crippen molar-refractivity contribution in [2.45, 2.75) is 56.7 Å². The summed E-state index contributed by atoms with van der Waals surface area (Å²) in [4.78, 5) is 11.4. The second-order valence-corrected chi connectivity index (χ2v) is 4.68. The zero-order valence-electron chi connectivity index (χ0n) is 9.78. The molecule has 2 rings (SSSR count). The summed E-state index contributed by atoms with van der Waals surface area (Å²) in [6, 6.07) is 0. The molecule has 96 valence electrons. The Labute approximate surface area is 100 Å². The van der Waals surface area contributed by atoms with Crippen LogP contribution in [0, 0.1) is 0 Å². The standard InChI is InChI=1S/C12H18O5/c1-7-5-10-12(17-10)9(14)4-2-3-8(13)6-11(15)16-7/h2-3,7-10,12-14H,4-6H2,1H3/t7-,8-,9+,10+,12+/m1/s1. The molecular weight excluding hydrogens is 224 g/mol. The van der Waals surface area contributed by atoms with Gasteiger partial charge in [0.05, 0.1) is 24.7 Å². The lowest BCUT2D eigenvalue weighted by Gasteiger charge is -2.14. The van der Waals surface area contributed by atoms with Crippen molar-refractivity contribution in [3.05, 3.63) is 12.2 Å². The van der Waals surface area contributed by atoms with Crippen molar-refractivity contribution in [2.24, 2.45) is 0 Å². The van der Waals surface area contributed by atoms with Gasteiger partial charge in [0, 0.05) is 6.42 Å². The molecule has 5 nitrogen and oxygen atoms in total. The van der Waals surface area contributed by atoms with E-state index >= 15 is 0 Å². The number of cyclic esters (lactones) is 1. The van der Waals surface area contributed by atoms with Gasteiger partial charge in [0.2, 0.25) is 0 Å². The number of rotatable bonds is 0. The molecule has 0 aromatic rings. The monoisotopic (exact) mass is 242 g/mol.